The van der Waals surface area contributed by atoms with Crippen LogP contribution in [0.5, 0.6) is 0 Å². The van der Waals surface area contributed by atoms with Crippen molar-refractivity contribution in [1.82, 2.24) is 10.2 Å². The van der Waals surface area contributed by atoms with Crippen LogP contribution in [0.15, 0.2) is 0 Å². The lowest BCUT2D eigenvalue weighted by Crippen LogP contribution is -2.59. The molecular weight excluding hydrogens is 240 g/mol. The Kier molecular flexibility index (Phi) is 5.84. The molecule has 1 saturated carbocycles. The predicted octanol–water partition coefficient (Wildman–Crippen LogP) is 3.12. The van der Waals surface area contributed by atoms with Gasteiger partial charge in [-0.1, -0.05) is 13.8 Å². The molecule has 2 aliphatic rings. The van der Waals surface area contributed by atoms with E-state index in [2.05, 4.69) is 42.1 Å². The van der Waals surface area contributed by atoms with Crippen LogP contribution < -0.4 is 5.32 Å². The second kappa shape index (κ2) is 7.16. The minimum absolute atomic E-state index is 0.728. The summed E-state index contributed by atoms with van der Waals surface area (Å²) in [5, 5.41) is 4.65. The number of nitrogens with one attached hydrogen (secondary N) is 1. The summed E-state index contributed by atoms with van der Waals surface area (Å²) in [4.78, 5) is 2.85. The number of thioether (sulfide) groups is 1. The highest BCUT2D eigenvalue weighted by molar-refractivity contribution is 7.99. The fourth-order valence-electron chi connectivity index (χ4n) is 3.60. The molecule has 1 aliphatic carbocycles. The van der Waals surface area contributed by atoms with E-state index in [1.54, 1.807) is 0 Å². The third-order valence-corrected chi connectivity index (χ3v) is 6.09. The lowest BCUT2D eigenvalue weighted by atomic mass is 9.90. The molecule has 1 N–H and O–H groups in total. The van der Waals surface area contributed by atoms with Crippen molar-refractivity contribution in [1.29, 1.82) is 0 Å². The standard InChI is InChI=1S/C15H30N2S/c1-4-12-11-17(13(5-2)10-16-12)14-6-8-15(18-3)9-7-14/h12-16H,4-11H2,1-3H3. The normalized spacial score (nSPS) is 38.8. The van der Waals surface area contributed by atoms with Gasteiger partial charge >= 0.3 is 0 Å². The molecule has 0 radical (unpaired) electrons. The maximum Gasteiger partial charge on any atom is 0.0221 e. The molecular formula is C15H30N2S. The van der Waals surface area contributed by atoms with Crippen molar-refractivity contribution in [2.24, 2.45) is 0 Å². The van der Waals surface area contributed by atoms with Crippen molar-refractivity contribution in [3.63, 3.8) is 0 Å². The van der Waals surface area contributed by atoms with Crippen LogP contribution in [-0.4, -0.2) is 47.6 Å². The van der Waals surface area contributed by atoms with Crippen molar-refractivity contribution in [3.8, 4) is 0 Å². The monoisotopic (exact) mass is 270 g/mol. The number of rotatable bonds is 4. The van der Waals surface area contributed by atoms with Gasteiger partial charge < -0.3 is 5.32 Å². The highest BCUT2D eigenvalue weighted by atomic mass is 32.2. The predicted molar refractivity (Wildman–Crippen MR) is 82.4 cm³/mol. The van der Waals surface area contributed by atoms with Crippen molar-refractivity contribution >= 4 is 11.8 Å². The zero-order valence-corrected chi connectivity index (χ0v) is 13.1. The van der Waals surface area contributed by atoms with Crippen LogP contribution in [0.1, 0.15) is 52.4 Å². The molecule has 2 rings (SSSR count). The Morgan fingerprint density at radius 2 is 1.83 bits per heavy atom. The van der Waals surface area contributed by atoms with E-state index in [0.29, 0.717) is 0 Å². The Labute approximate surface area is 117 Å². The van der Waals surface area contributed by atoms with Gasteiger partial charge in [-0.25, -0.2) is 0 Å². The first-order valence-corrected chi connectivity index (χ1v) is 9.09. The van der Waals surface area contributed by atoms with Crippen LogP contribution in [0.3, 0.4) is 0 Å². The van der Waals surface area contributed by atoms with Gasteiger partial charge in [0.2, 0.25) is 0 Å². The molecule has 2 unspecified atom stereocenters. The molecule has 0 aromatic rings. The van der Waals surface area contributed by atoms with Crippen LogP contribution >= 0.6 is 11.8 Å². The van der Waals surface area contributed by atoms with Crippen molar-refractivity contribution < 1.29 is 0 Å². The molecule has 3 heteroatoms. The van der Waals surface area contributed by atoms with E-state index in [4.69, 9.17) is 0 Å². The molecule has 2 nitrogen and oxygen atoms in total. The zero-order valence-electron chi connectivity index (χ0n) is 12.3. The molecule has 0 aromatic carbocycles. The molecule has 0 amide bonds. The first-order valence-electron chi connectivity index (χ1n) is 7.80. The molecule has 0 aromatic heterocycles. The van der Waals surface area contributed by atoms with Gasteiger partial charge in [0.25, 0.3) is 0 Å². The Morgan fingerprint density at radius 3 is 2.39 bits per heavy atom. The van der Waals surface area contributed by atoms with Crippen molar-refractivity contribution in [3.05, 3.63) is 0 Å². The molecule has 2 fully saturated rings. The smallest absolute Gasteiger partial charge is 0.0221 e. The zero-order chi connectivity index (χ0) is 13.0. The first kappa shape index (κ1) is 14.7. The maximum atomic E-state index is 3.71. The third kappa shape index (κ3) is 3.43. The van der Waals surface area contributed by atoms with E-state index >= 15 is 0 Å². The molecule has 106 valence electrons. The van der Waals surface area contributed by atoms with E-state index in [1.807, 2.05) is 0 Å². The Morgan fingerprint density at radius 1 is 1.11 bits per heavy atom. The van der Waals surface area contributed by atoms with Gasteiger partial charge in [-0.15, -0.1) is 0 Å². The second-order valence-corrected chi connectivity index (χ2v) is 7.08. The van der Waals surface area contributed by atoms with E-state index in [0.717, 1.165) is 23.4 Å². The summed E-state index contributed by atoms with van der Waals surface area (Å²) in [6.45, 7) is 7.15. The highest BCUT2D eigenvalue weighted by Crippen LogP contribution is 2.31. The van der Waals surface area contributed by atoms with Gasteiger partial charge in [0.1, 0.15) is 0 Å². The third-order valence-electron chi connectivity index (χ3n) is 4.95. The van der Waals surface area contributed by atoms with E-state index < -0.39 is 0 Å². The molecule has 18 heavy (non-hydrogen) atoms. The lowest BCUT2D eigenvalue weighted by molar-refractivity contribution is 0.0596. The molecule has 0 bridgehead atoms. The van der Waals surface area contributed by atoms with Gasteiger partial charge in [-0.2, -0.15) is 11.8 Å². The quantitative estimate of drug-likeness (QED) is 0.845. The second-order valence-electron chi connectivity index (χ2n) is 5.94. The van der Waals surface area contributed by atoms with E-state index in [9.17, 15) is 0 Å². The van der Waals surface area contributed by atoms with Crippen molar-refractivity contribution in [2.45, 2.75) is 75.7 Å². The lowest BCUT2D eigenvalue weighted by Gasteiger charge is -2.46. The summed E-state index contributed by atoms with van der Waals surface area (Å²) >= 11 is 2.08. The fourth-order valence-corrected chi connectivity index (χ4v) is 4.34. The van der Waals surface area contributed by atoms with Gasteiger partial charge in [0.05, 0.1) is 0 Å². The van der Waals surface area contributed by atoms with Crippen LogP contribution in [0, 0.1) is 0 Å². The van der Waals surface area contributed by atoms with Gasteiger partial charge in [0.15, 0.2) is 0 Å². The average molecular weight is 270 g/mol. The Hall–Kier alpha value is 0.270. The highest BCUT2D eigenvalue weighted by Gasteiger charge is 2.33. The summed E-state index contributed by atoms with van der Waals surface area (Å²) in [7, 11) is 0. The summed E-state index contributed by atoms with van der Waals surface area (Å²) < 4.78 is 0. The first-order chi connectivity index (χ1) is 8.78. The number of nitrogens with zero attached hydrogens (tertiary/aromatic N) is 1. The molecule has 1 aliphatic heterocycles. The topological polar surface area (TPSA) is 15.3 Å². The van der Waals surface area contributed by atoms with Gasteiger partial charge in [-0.05, 0) is 44.8 Å². The van der Waals surface area contributed by atoms with Crippen molar-refractivity contribution in [2.75, 3.05) is 19.3 Å². The summed E-state index contributed by atoms with van der Waals surface area (Å²) in [5.41, 5.74) is 0. The summed E-state index contributed by atoms with van der Waals surface area (Å²) in [5.74, 6) is 0. The van der Waals surface area contributed by atoms with Crippen LogP contribution in [0.25, 0.3) is 0 Å². The maximum absolute atomic E-state index is 3.71. The number of hydrogen-bond acceptors (Lipinski definition) is 3. The van der Waals surface area contributed by atoms with E-state index in [-0.39, 0.29) is 0 Å². The van der Waals surface area contributed by atoms with Crippen LogP contribution in [0.2, 0.25) is 0 Å². The Bertz CT molecular complexity index is 239. The molecule has 0 spiro atoms. The molecule has 2 atom stereocenters. The average Bonchev–Trinajstić information content (AvgIpc) is 2.46. The number of piperazine rings is 1. The Balaban J connectivity index is 1.91. The number of hydrogen-bond donors (Lipinski definition) is 1. The SMILES string of the molecule is CCC1CN(C2CCC(SC)CC2)C(CC)CN1. The minimum Gasteiger partial charge on any atom is -0.311 e. The van der Waals surface area contributed by atoms with E-state index in [1.165, 1.54) is 51.6 Å². The molecule has 1 heterocycles. The largest absolute Gasteiger partial charge is 0.311 e. The summed E-state index contributed by atoms with van der Waals surface area (Å²) in [6, 6.07) is 2.38. The minimum atomic E-state index is 0.728. The van der Waals surface area contributed by atoms with Gasteiger partial charge in [-0.3, -0.25) is 4.90 Å². The molecule has 1 saturated heterocycles. The van der Waals surface area contributed by atoms with Crippen LogP contribution in [-0.2, 0) is 0 Å². The van der Waals surface area contributed by atoms with Gasteiger partial charge in [0, 0.05) is 36.5 Å². The fraction of sp³-hybridized carbons (Fsp3) is 1.00. The summed E-state index contributed by atoms with van der Waals surface area (Å²) in [6.07, 6.45) is 10.6. The van der Waals surface area contributed by atoms with Crippen LogP contribution in [0.4, 0.5) is 0 Å².